The number of nitrogens with two attached hydrogens (primary N) is 2. The number of hydrogen-bond donors (Lipinski definition) is 3. The first-order chi connectivity index (χ1) is 40.5. The molecule has 11 nitrogen and oxygen atoms in total. The molecule has 4 bridgehead atoms. The highest BCUT2D eigenvalue weighted by atomic mass is 19.4. The third kappa shape index (κ3) is 24.4. The first-order valence-corrected chi connectivity index (χ1v) is 31.8. The van der Waals surface area contributed by atoms with E-state index in [4.69, 9.17) is 35.2 Å². The van der Waals surface area contributed by atoms with Crippen molar-refractivity contribution in [2.75, 3.05) is 40.1 Å². The first kappa shape index (κ1) is 73.3. The second kappa shape index (κ2) is 29.7. The molecule has 88 heavy (non-hydrogen) atoms. The minimum Gasteiger partial charge on any atom is -0.493 e. The van der Waals surface area contributed by atoms with Gasteiger partial charge in [0, 0.05) is 53.5 Å². The van der Waals surface area contributed by atoms with Crippen LogP contribution in [0.1, 0.15) is 223 Å². The highest BCUT2D eigenvalue weighted by Crippen LogP contribution is 2.52. The summed E-state index contributed by atoms with van der Waals surface area (Å²) in [5.74, 6) is 3.05. The number of halogens is 3. The van der Waals surface area contributed by atoms with Crippen LogP contribution in [0.25, 0.3) is 0 Å². The van der Waals surface area contributed by atoms with Crippen LogP contribution in [0.5, 0.6) is 29.0 Å². The van der Waals surface area contributed by atoms with Crippen molar-refractivity contribution < 1.29 is 46.7 Å². The van der Waals surface area contributed by atoms with Crippen LogP contribution in [0.4, 0.5) is 13.2 Å². The van der Waals surface area contributed by atoms with Gasteiger partial charge >= 0.3 is 6.36 Å². The zero-order chi connectivity index (χ0) is 65.7. The second-order valence-corrected chi connectivity index (χ2v) is 31.4. The number of nitrogens with zero attached hydrogens (tertiary/aromatic N) is 2. The summed E-state index contributed by atoms with van der Waals surface area (Å²) in [7, 11) is 1.67. The lowest BCUT2D eigenvalue weighted by atomic mass is 9.58. The van der Waals surface area contributed by atoms with Crippen molar-refractivity contribution in [2.45, 2.75) is 245 Å². The Bertz CT molecular complexity index is 2720. The van der Waals surface area contributed by atoms with Crippen LogP contribution >= 0.6 is 0 Å². The third-order valence-electron chi connectivity index (χ3n) is 17.7. The van der Waals surface area contributed by atoms with Gasteiger partial charge in [-0.3, -0.25) is 0 Å². The molecule has 14 heteroatoms. The van der Waals surface area contributed by atoms with Gasteiger partial charge in [0.25, 0.3) is 0 Å². The van der Waals surface area contributed by atoms with Crippen LogP contribution in [0.2, 0.25) is 0 Å². The van der Waals surface area contributed by atoms with E-state index in [1.165, 1.54) is 92.2 Å². The fourth-order valence-corrected chi connectivity index (χ4v) is 11.1. The van der Waals surface area contributed by atoms with Crippen LogP contribution in [0, 0.1) is 10.8 Å². The molecule has 2 aromatic heterocycles. The number of benzene rings is 3. The molecule has 0 radical (unpaired) electrons. The predicted octanol–water partition coefficient (Wildman–Crippen LogP) is 17.6. The number of alkyl halides is 3. The van der Waals surface area contributed by atoms with Crippen molar-refractivity contribution in [3.05, 3.63) is 137 Å². The van der Waals surface area contributed by atoms with Gasteiger partial charge in [0.15, 0.2) is 0 Å². The lowest BCUT2D eigenvalue weighted by Crippen LogP contribution is -2.53. The number of rotatable bonds is 14. The van der Waals surface area contributed by atoms with Crippen LogP contribution in [0.15, 0.2) is 109 Å². The highest BCUT2D eigenvalue weighted by molar-refractivity contribution is 5.34. The van der Waals surface area contributed by atoms with E-state index in [2.05, 4.69) is 140 Å². The molecule has 490 valence electrons. The van der Waals surface area contributed by atoms with E-state index >= 15 is 0 Å². The predicted molar refractivity (Wildman–Crippen MR) is 352 cm³/mol. The molecule has 0 atom stereocenters. The largest absolute Gasteiger partial charge is 0.573 e. The minimum absolute atomic E-state index is 0.0990. The fraction of sp³-hybridized carbons (Fsp3) is 0.622. The lowest BCUT2D eigenvalue weighted by molar-refractivity contribution is -0.274. The number of aromatic nitrogens is 2. The molecule has 0 saturated heterocycles. The summed E-state index contributed by atoms with van der Waals surface area (Å²) in [6.45, 7) is 38.7. The van der Waals surface area contributed by atoms with Gasteiger partial charge in [0.1, 0.15) is 30.5 Å². The molecule has 3 aromatic carbocycles. The van der Waals surface area contributed by atoms with Gasteiger partial charge < -0.3 is 45.0 Å². The molecule has 5 aromatic rings. The van der Waals surface area contributed by atoms with Crippen LogP contribution in [0.3, 0.4) is 0 Å². The fourth-order valence-electron chi connectivity index (χ4n) is 11.1. The Morgan fingerprint density at radius 1 is 0.420 bits per heavy atom. The van der Waals surface area contributed by atoms with E-state index in [-0.39, 0.29) is 50.5 Å². The summed E-state index contributed by atoms with van der Waals surface area (Å²) in [5, 5.41) is 9.51. The second-order valence-electron chi connectivity index (χ2n) is 31.4. The maximum Gasteiger partial charge on any atom is 0.573 e. The quantitative estimate of drug-likeness (QED) is 0.0911. The average Bonchev–Trinajstić information content (AvgIpc) is 1.06. The van der Waals surface area contributed by atoms with Crippen molar-refractivity contribution in [2.24, 2.45) is 22.3 Å². The van der Waals surface area contributed by atoms with Gasteiger partial charge in [-0.2, -0.15) is 0 Å². The van der Waals surface area contributed by atoms with Gasteiger partial charge in [-0.25, -0.2) is 9.97 Å². The minimum atomic E-state index is -4.63. The van der Waals surface area contributed by atoms with Gasteiger partial charge in [0.05, 0.1) is 25.4 Å². The molecular formula is C74H111F3N4O7. The van der Waals surface area contributed by atoms with Crippen molar-refractivity contribution in [3.8, 4) is 29.0 Å². The Hall–Kier alpha value is -5.41. The molecule has 5 N–H and O–H groups in total. The molecule has 6 aliphatic rings. The molecule has 6 saturated carbocycles. The zero-order valence-corrected chi connectivity index (χ0v) is 57.0. The Labute approximate surface area is 528 Å². The Kier molecular flexibility index (Phi) is 24.7. The van der Waals surface area contributed by atoms with Gasteiger partial charge in [-0.1, -0.05) is 152 Å². The van der Waals surface area contributed by atoms with Gasteiger partial charge in [-0.05, 0) is 182 Å². The summed E-state index contributed by atoms with van der Waals surface area (Å²) < 4.78 is 67.6. The lowest BCUT2D eigenvalue weighted by Gasteiger charge is -2.51. The molecule has 2 heterocycles. The monoisotopic (exact) mass is 1220 g/mol. The Morgan fingerprint density at radius 2 is 0.784 bits per heavy atom. The Balaban J connectivity index is 0.000000202. The molecule has 0 amide bonds. The zero-order valence-electron chi connectivity index (χ0n) is 57.0. The van der Waals surface area contributed by atoms with Gasteiger partial charge in [0.2, 0.25) is 11.8 Å². The number of pyridine rings is 2. The molecular weight excluding hydrogens is 1110 g/mol. The van der Waals surface area contributed by atoms with E-state index in [0.29, 0.717) is 29.9 Å². The van der Waals surface area contributed by atoms with Crippen LogP contribution < -0.4 is 35.2 Å². The summed E-state index contributed by atoms with van der Waals surface area (Å²) in [6.07, 6.45) is 13.5. The molecule has 11 rings (SSSR count). The molecule has 0 spiro atoms. The van der Waals surface area contributed by atoms with Crippen molar-refractivity contribution >= 4 is 0 Å². The maximum atomic E-state index is 11.9. The van der Waals surface area contributed by atoms with Crippen molar-refractivity contribution in [1.82, 2.24) is 9.97 Å². The average molecular weight is 1230 g/mol. The summed E-state index contributed by atoms with van der Waals surface area (Å²) in [6, 6.07) is 30.9. The third-order valence-corrected chi connectivity index (χ3v) is 17.7. The van der Waals surface area contributed by atoms with E-state index in [9.17, 15) is 18.3 Å². The first-order valence-electron chi connectivity index (χ1n) is 31.8. The number of aliphatic hydroxyl groups is 1. The number of hydrogen-bond acceptors (Lipinski definition) is 11. The molecule has 6 fully saturated rings. The molecule has 0 aliphatic heterocycles. The normalized spacial score (nSPS) is 21.8. The number of fused-ring (bicyclic) bond motifs is 6. The maximum absolute atomic E-state index is 11.9. The summed E-state index contributed by atoms with van der Waals surface area (Å²) in [5.41, 5.74) is 19.3. The standard InChI is InChI=1S/C19H29NO.C18H28N2O.C13H21NO2.C13H20O2.C11H13F3O/c1-17(2,3)15-4-6-16(7-5-15)21-14-18-8-11-19(20,12-9-18)13-10-18;1-16(2,3)14-4-5-15(20-12-14)21-13-17-6-9-18(19,10-7-17)11-8-17;1-12(2,3)10-6-7-11(14-8-10)16-9-13(4,5)15;1-13(2,3)11-5-7-12(8-6-11)15-10-9-14-4;1-10(2,3)8-5-4-6-9(7-8)15-11(12,13)14/h4-7H,8-14,20H2,1-3H3;4-5,12H,6-11,13,19H2,1-3H3;6-8,15H,9H2,1-5H3;5-8H,9-10H2,1-4H3;4-7H,1-3H3. The summed E-state index contributed by atoms with van der Waals surface area (Å²) >= 11 is 0. The summed E-state index contributed by atoms with van der Waals surface area (Å²) in [4.78, 5) is 8.69. The van der Waals surface area contributed by atoms with Crippen LogP contribution in [-0.4, -0.2) is 78.3 Å². The van der Waals surface area contributed by atoms with Gasteiger partial charge in [-0.15, -0.1) is 13.2 Å². The van der Waals surface area contributed by atoms with E-state index < -0.39 is 12.0 Å². The topological polar surface area (TPSA) is 153 Å². The number of ether oxygens (including phenoxy) is 6. The van der Waals surface area contributed by atoms with Crippen molar-refractivity contribution in [3.63, 3.8) is 0 Å². The SMILES string of the molecule is CC(C)(C)c1ccc(OCC23CCC(N)(CC2)CC3)cc1.CC(C)(C)c1ccc(OCC23CCC(N)(CC2)CC3)nc1.CC(C)(C)c1cccc(OC(F)(F)F)c1.CC(C)(O)COc1ccc(C(C)(C)C)cn1.COCCOc1ccc(C(C)(C)C)cc1. The number of methoxy groups -OCH3 is 1. The van der Waals surface area contributed by atoms with E-state index in [0.717, 1.165) is 55.4 Å². The highest BCUT2D eigenvalue weighted by Gasteiger charge is 2.48. The van der Waals surface area contributed by atoms with Crippen LogP contribution in [-0.2, 0) is 31.8 Å². The molecule has 0 unspecified atom stereocenters. The Morgan fingerprint density at radius 3 is 1.12 bits per heavy atom. The smallest absolute Gasteiger partial charge is 0.493 e. The van der Waals surface area contributed by atoms with Crippen molar-refractivity contribution in [1.29, 1.82) is 0 Å². The molecule has 6 aliphatic carbocycles. The van der Waals surface area contributed by atoms with E-state index in [1.54, 1.807) is 33.1 Å². The van der Waals surface area contributed by atoms with E-state index in [1.807, 2.05) is 63.5 Å².